The molecule has 5 heteroatoms. The van der Waals surface area contributed by atoms with E-state index in [4.69, 9.17) is 17.2 Å². The molecule has 4 aliphatic carbocycles. The van der Waals surface area contributed by atoms with Gasteiger partial charge in [-0.1, -0.05) is 32.5 Å². The van der Waals surface area contributed by atoms with E-state index in [1.54, 1.807) is 0 Å². The lowest BCUT2D eigenvalue weighted by Crippen LogP contribution is -2.53. The third-order valence-electron chi connectivity index (χ3n) is 9.28. The molecular formula is C28H36N4S. The highest BCUT2D eigenvalue weighted by Crippen LogP contribution is 2.58. The standard InChI is InChI=1S/C28H36N4S/c1-27(2)24(31-10-4-3-5-11-31)25(32(26(27)33)23-8-6-19(18-29)7-9-23)30-28-15-20-12-21(16-28)14-22(13-20)17-28/h6-9,20-22,24H,3-5,10-17H2,1-2H3/t20?,21?,22?,24-,28?/m1/s1. The van der Waals surface area contributed by atoms with Gasteiger partial charge in [-0.15, -0.1) is 0 Å². The lowest BCUT2D eigenvalue weighted by molar-refractivity contribution is 0.00114. The van der Waals surface area contributed by atoms with Gasteiger partial charge in [0.1, 0.15) is 5.84 Å². The fraction of sp³-hybridized carbons (Fsp3) is 0.679. The van der Waals surface area contributed by atoms with Crippen LogP contribution in [0.5, 0.6) is 0 Å². The van der Waals surface area contributed by atoms with Crippen LogP contribution in [-0.4, -0.2) is 40.4 Å². The number of piperidine rings is 1. The Morgan fingerprint density at radius 1 is 0.939 bits per heavy atom. The van der Waals surface area contributed by atoms with Gasteiger partial charge >= 0.3 is 0 Å². The molecule has 1 aromatic carbocycles. The monoisotopic (exact) mass is 460 g/mol. The van der Waals surface area contributed by atoms with Gasteiger partial charge in [0.2, 0.25) is 0 Å². The van der Waals surface area contributed by atoms with Crippen LogP contribution in [0.15, 0.2) is 29.3 Å². The summed E-state index contributed by atoms with van der Waals surface area (Å²) in [7, 11) is 0. The first-order valence-corrected chi connectivity index (χ1v) is 13.5. The molecule has 0 amide bonds. The summed E-state index contributed by atoms with van der Waals surface area (Å²) >= 11 is 6.21. The normalized spacial score (nSPS) is 38.8. The maximum Gasteiger partial charge on any atom is 0.127 e. The van der Waals surface area contributed by atoms with Gasteiger partial charge in [0.05, 0.1) is 28.2 Å². The summed E-state index contributed by atoms with van der Waals surface area (Å²) in [6.45, 7) is 6.93. The van der Waals surface area contributed by atoms with E-state index in [2.05, 4.69) is 41.8 Å². The van der Waals surface area contributed by atoms with Crippen molar-refractivity contribution >= 4 is 28.7 Å². The summed E-state index contributed by atoms with van der Waals surface area (Å²) in [6.07, 6.45) is 12.0. The Balaban J connectivity index is 1.47. The summed E-state index contributed by atoms with van der Waals surface area (Å²) in [5.41, 5.74) is 1.71. The second kappa shape index (κ2) is 7.89. The number of likely N-dealkylation sites (tertiary alicyclic amines) is 1. The van der Waals surface area contributed by atoms with E-state index in [1.807, 2.05) is 12.1 Å². The molecule has 174 valence electrons. The molecule has 4 nitrogen and oxygen atoms in total. The molecule has 2 aliphatic heterocycles. The van der Waals surface area contributed by atoms with Crippen molar-refractivity contribution in [2.45, 2.75) is 83.2 Å². The van der Waals surface area contributed by atoms with Gasteiger partial charge < -0.3 is 0 Å². The predicted octanol–water partition coefficient (Wildman–Crippen LogP) is 5.95. The molecular weight excluding hydrogens is 424 g/mol. The number of hydrogen-bond acceptors (Lipinski definition) is 4. The Labute approximate surface area is 204 Å². The lowest BCUT2D eigenvalue weighted by Gasteiger charge is -2.55. The molecule has 1 aromatic rings. The van der Waals surface area contributed by atoms with Crippen LogP contribution in [0.4, 0.5) is 5.69 Å². The van der Waals surface area contributed by atoms with Crippen LogP contribution in [0.3, 0.4) is 0 Å². The average molecular weight is 461 g/mol. The van der Waals surface area contributed by atoms with Crippen molar-refractivity contribution in [1.82, 2.24) is 4.90 Å². The van der Waals surface area contributed by atoms with E-state index in [-0.39, 0.29) is 17.0 Å². The van der Waals surface area contributed by atoms with Crippen molar-refractivity contribution in [2.24, 2.45) is 28.2 Å². The minimum atomic E-state index is -0.151. The highest BCUT2D eigenvalue weighted by molar-refractivity contribution is 7.80. The molecule has 6 aliphatic rings. The zero-order valence-electron chi connectivity index (χ0n) is 20.1. The van der Waals surface area contributed by atoms with Crippen molar-refractivity contribution in [1.29, 1.82) is 5.26 Å². The van der Waals surface area contributed by atoms with Gasteiger partial charge in [-0.3, -0.25) is 14.8 Å². The molecule has 2 heterocycles. The average Bonchev–Trinajstić information content (AvgIpc) is 2.98. The maximum absolute atomic E-state index is 9.32. The minimum absolute atomic E-state index is 0.110. The smallest absolute Gasteiger partial charge is 0.127 e. The van der Waals surface area contributed by atoms with Gasteiger partial charge in [-0.2, -0.15) is 5.26 Å². The van der Waals surface area contributed by atoms with Gasteiger partial charge in [-0.25, -0.2) is 0 Å². The molecule has 0 radical (unpaired) electrons. The van der Waals surface area contributed by atoms with Gasteiger partial charge in [-0.05, 0) is 106 Å². The van der Waals surface area contributed by atoms with Gasteiger partial charge in [0.15, 0.2) is 0 Å². The Bertz CT molecular complexity index is 976. The summed E-state index contributed by atoms with van der Waals surface area (Å²) in [5.74, 6) is 3.81. The summed E-state index contributed by atoms with van der Waals surface area (Å²) < 4.78 is 0. The number of nitriles is 1. The third-order valence-corrected chi connectivity index (χ3v) is 9.99. The Hall–Kier alpha value is -1.77. The SMILES string of the molecule is CC1(C)C(=S)N(c2ccc(C#N)cc2)C(=NC23CC4CC(CC(C4)C2)C3)[C@H]1N1CCCCC1. The van der Waals surface area contributed by atoms with Crippen molar-refractivity contribution in [3.63, 3.8) is 0 Å². The number of amidine groups is 1. The summed E-state index contributed by atoms with van der Waals surface area (Å²) in [6, 6.07) is 10.5. The molecule has 6 fully saturated rings. The van der Waals surface area contributed by atoms with Crippen molar-refractivity contribution < 1.29 is 0 Å². The van der Waals surface area contributed by atoms with E-state index in [0.717, 1.165) is 41.5 Å². The number of nitrogens with zero attached hydrogens (tertiary/aromatic N) is 4. The molecule has 1 atom stereocenters. The first kappa shape index (κ1) is 21.7. The Morgan fingerprint density at radius 3 is 2.06 bits per heavy atom. The van der Waals surface area contributed by atoms with Crippen LogP contribution in [-0.2, 0) is 0 Å². The third kappa shape index (κ3) is 3.56. The zero-order valence-corrected chi connectivity index (χ0v) is 20.9. The van der Waals surface area contributed by atoms with Crippen LogP contribution in [0, 0.1) is 34.5 Å². The van der Waals surface area contributed by atoms with Crippen LogP contribution in [0.25, 0.3) is 0 Å². The number of anilines is 1. The molecule has 33 heavy (non-hydrogen) atoms. The Morgan fingerprint density at radius 2 is 1.52 bits per heavy atom. The van der Waals surface area contributed by atoms with E-state index in [9.17, 15) is 5.26 Å². The number of hydrogen-bond donors (Lipinski definition) is 0. The molecule has 0 aromatic heterocycles. The highest BCUT2D eigenvalue weighted by atomic mass is 32.1. The lowest BCUT2D eigenvalue weighted by atomic mass is 9.53. The minimum Gasteiger partial charge on any atom is -0.293 e. The number of benzene rings is 1. The quantitative estimate of drug-likeness (QED) is 0.523. The number of thiocarbonyl (C=S) groups is 1. The molecule has 4 bridgehead atoms. The van der Waals surface area contributed by atoms with Crippen molar-refractivity contribution in [3.8, 4) is 6.07 Å². The molecule has 4 saturated carbocycles. The fourth-order valence-corrected chi connectivity index (χ4v) is 8.55. The predicted molar refractivity (Wildman–Crippen MR) is 138 cm³/mol. The number of aliphatic imine (C=N–C) groups is 1. The van der Waals surface area contributed by atoms with E-state index in [1.165, 1.54) is 63.6 Å². The fourth-order valence-electron chi connectivity index (χ4n) is 8.24. The maximum atomic E-state index is 9.32. The second-order valence-corrected chi connectivity index (χ2v) is 12.5. The molecule has 2 saturated heterocycles. The molecule has 0 unspecified atom stereocenters. The van der Waals surface area contributed by atoms with Crippen molar-refractivity contribution in [2.75, 3.05) is 18.0 Å². The van der Waals surface area contributed by atoms with Gasteiger partial charge in [0, 0.05) is 11.1 Å². The van der Waals surface area contributed by atoms with Gasteiger partial charge in [0.25, 0.3) is 0 Å². The van der Waals surface area contributed by atoms with Crippen LogP contribution >= 0.6 is 12.2 Å². The molecule has 7 rings (SSSR count). The topological polar surface area (TPSA) is 42.6 Å². The Kier molecular flexibility index (Phi) is 5.20. The van der Waals surface area contributed by atoms with E-state index in [0.29, 0.717) is 5.56 Å². The largest absolute Gasteiger partial charge is 0.293 e. The van der Waals surface area contributed by atoms with Crippen molar-refractivity contribution in [3.05, 3.63) is 29.8 Å². The first-order chi connectivity index (χ1) is 15.9. The number of rotatable bonds is 3. The molecule has 0 N–H and O–H groups in total. The van der Waals surface area contributed by atoms with E-state index < -0.39 is 0 Å². The summed E-state index contributed by atoms with van der Waals surface area (Å²) in [4.78, 5) is 11.8. The zero-order chi connectivity index (χ0) is 22.8. The molecule has 0 spiro atoms. The second-order valence-electron chi connectivity index (χ2n) is 12.1. The highest BCUT2D eigenvalue weighted by Gasteiger charge is 2.56. The van der Waals surface area contributed by atoms with Crippen LogP contribution < -0.4 is 4.90 Å². The van der Waals surface area contributed by atoms with Crippen LogP contribution in [0.2, 0.25) is 0 Å². The first-order valence-electron chi connectivity index (χ1n) is 13.1. The summed E-state index contributed by atoms with van der Waals surface area (Å²) in [5, 5.41) is 9.32. The van der Waals surface area contributed by atoms with E-state index >= 15 is 0 Å². The van der Waals surface area contributed by atoms with Crippen LogP contribution in [0.1, 0.15) is 77.2 Å².